The fourth-order valence-electron chi connectivity index (χ4n) is 3.94. The van der Waals surface area contributed by atoms with E-state index in [0.29, 0.717) is 17.8 Å². The van der Waals surface area contributed by atoms with Crippen molar-refractivity contribution in [2.24, 2.45) is 0 Å². The molecule has 0 bridgehead atoms. The van der Waals surface area contributed by atoms with E-state index < -0.39 is 40.2 Å². The van der Waals surface area contributed by atoms with Crippen LogP contribution < -0.4 is 9.62 Å². The van der Waals surface area contributed by atoms with Gasteiger partial charge in [0.05, 0.1) is 10.6 Å². The summed E-state index contributed by atoms with van der Waals surface area (Å²) in [6.45, 7) is 6.47. The van der Waals surface area contributed by atoms with Crippen molar-refractivity contribution in [1.82, 2.24) is 10.2 Å². The molecule has 7 nitrogen and oxygen atoms in total. The highest BCUT2D eigenvalue weighted by Crippen LogP contribution is 2.28. The lowest BCUT2D eigenvalue weighted by atomic mass is 10.1. The van der Waals surface area contributed by atoms with Gasteiger partial charge in [-0.3, -0.25) is 13.9 Å². The summed E-state index contributed by atoms with van der Waals surface area (Å²) in [5.74, 6) is -1.58. The van der Waals surface area contributed by atoms with Gasteiger partial charge in [-0.25, -0.2) is 12.8 Å². The van der Waals surface area contributed by atoms with E-state index in [2.05, 4.69) is 5.32 Å². The Morgan fingerprint density at radius 2 is 1.62 bits per heavy atom. The summed E-state index contributed by atoms with van der Waals surface area (Å²) in [6.07, 6.45) is 0. The summed E-state index contributed by atoms with van der Waals surface area (Å²) in [6, 6.07) is 18.2. The third-order valence-electron chi connectivity index (χ3n) is 6.06. The summed E-state index contributed by atoms with van der Waals surface area (Å²) < 4.78 is 43.2. The summed E-state index contributed by atoms with van der Waals surface area (Å²) in [5, 5.41) is 2.68. The first-order valence-corrected chi connectivity index (χ1v) is 13.5. The predicted molar refractivity (Wildman–Crippen MR) is 142 cm³/mol. The van der Waals surface area contributed by atoms with Crippen LogP contribution in [0.25, 0.3) is 0 Å². The highest BCUT2D eigenvalue weighted by Gasteiger charge is 2.33. The van der Waals surface area contributed by atoms with Crippen LogP contribution >= 0.6 is 0 Å². The van der Waals surface area contributed by atoms with Crippen LogP contribution in [0.2, 0.25) is 0 Å². The number of sulfonamides is 1. The predicted octanol–water partition coefficient (Wildman–Crippen LogP) is 4.19. The van der Waals surface area contributed by atoms with Crippen LogP contribution in [-0.4, -0.2) is 44.3 Å². The van der Waals surface area contributed by atoms with Crippen LogP contribution in [0.5, 0.6) is 0 Å². The molecular formula is C28H32FN3O4S. The second-order valence-corrected chi connectivity index (χ2v) is 10.7. The van der Waals surface area contributed by atoms with Crippen molar-refractivity contribution in [3.8, 4) is 0 Å². The lowest BCUT2D eigenvalue weighted by molar-refractivity contribution is -0.139. The number of nitrogens with zero attached hydrogens (tertiary/aromatic N) is 2. The molecule has 3 rings (SSSR count). The molecule has 0 spiro atoms. The number of amides is 2. The standard InChI is InChI=1S/C28H32FN3O4S/c1-5-30-28(34)22(4)31(18-23-11-9-10-14-25(23)29)27(33)19-32(26-17-20(2)15-16-21(26)3)37(35,36)24-12-7-6-8-13-24/h6-17,22H,5,18-19H2,1-4H3,(H,30,34)/t22-/m0/s1. The number of aryl methyl sites for hydroxylation is 2. The molecule has 0 unspecified atom stereocenters. The van der Waals surface area contributed by atoms with Gasteiger partial charge in [0.25, 0.3) is 10.0 Å². The zero-order valence-corrected chi connectivity index (χ0v) is 22.3. The molecule has 0 aromatic heterocycles. The molecule has 3 aromatic carbocycles. The van der Waals surface area contributed by atoms with Gasteiger partial charge in [-0.05, 0) is 63.1 Å². The average Bonchev–Trinajstić information content (AvgIpc) is 2.88. The fraction of sp³-hybridized carbons (Fsp3) is 0.286. The molecule has 37 heavy (non-hydrogen) atoms. The zero-order chi connectivity index (χ0) is 27.2. The summed E-state index contributed by atoms with van der Waals surface area (Å²) in [5.41, 5.74) is 2.06. The molecule has 0 heterocycles. The van der Waals surface area contributed by atoms with E-state index in [9.17, 15) is 22.4 Å². The van der Waals surface area contributed by atoms with Crippen LogP contribution in [-0.2, 0) is 26.2 Å². The molecule has 0 saturated carbocycles. The highest BCUT2D eigenvalue weighted by molar-refractivity contribution is 7.92. The van der Waals surface area contributed by atoms with Crippen molar-refractivity contribution in [3.63, 3.8) is 0 Å². The molecule has 0 aliphatic heterocycles. The van der Waals surface area contributed by atoms with E-state index in [-0.39, 0.29) is 17.0 Å². The number of likely N-dealkylation sites (N-methyl/N-ethyl adjacent to an activating group) is 1. The van der Waals surface area contributed by atoms with Gasteiger partial charge >= 0.3 is 0 Å². The van der Waals surface area contributed by atoms with E-state index in [0.717, 1.165) is 9.87 Å². The largest absolute Gasteiger partial charge is 0.355 e. The molecule has 2 amide bonds. The molecule has 0 saturated heterocycles. The van der Waals surface area contributed by atoms with Gasteiger partial charge in [0.2, 0.25) is 11.8 Å². The molecule has 0 aliphatic carbocycles. The maximum atomic E-state index is 14.5. The number of hydrogen-bond donors (Lipinski definition) is 1. The van der Waals surface area contributed by atoms with Crippen molar-refractivity contribution in [2.45, 2.75) is 45.2 Å². The Kier molecular flexibility index (Phi) is 9.04. The molecule has 1 N–H and O–H groups in total. The van der Waals surface area contributed by atoms with E-state index in [1.165, 1.54) is 42.2 Å². The van der Waals surface area contributed by atoms with Crippen molar-refractivity contribution < 1.29 is 22.4 Å². The Hall–Kier alpha value is -3.72. The topological polar surface area (TPSA) is 86.8 Å². The number of nitrogens with one attached hydrogen (secondary N) is 1. The number of carbonyl (C=O) groups is 2. The maximum Gasteiger partial charge on any atom is 0.264 e. The molecule has 1 atom stereocenters. The molecule has 0 radical (unpaired) electrons. The first kappa shape index (κ1) is 27.9. The van der Waals surface area contributed by atoms with E-state index >= 15 is 0 Å². The van der Waals surface area contributed by atoms with Crippen LogP contribution in [0, 0.1) is 19.7 Å². The average molecular weight is 526 g/mol. The minimum Gasteiger partial charge on any atom is -0.355 e. The first-order valence-electron chi connectivity index (χ1n) is 12.0. The lowest BCUT2D eigenvalue weighted by Gasteiger charge is -2.32. The van der Waals surface area contributed by atoms with Gasteiger partial charge in [-0.15, -0.1) is 0 Å². The lowest BCUT2D eigenvalue weighted by Crippen LogP contribution is -2.51. The van der Waals surface area contributed by atoms with Crippen LogP contribution in [0.1, 0.15) is 30.5 Å². The van der Waals surface area contributed by atoms with Gasteiger partial charge < -0.3 is 10.2 Å². The monoisotopic (exact) mass is 525 g/mol. The van der Waals surface area contributed by atoms with Crippen molar-refractivity contribution in [3.05, 3.63) is 95.3 Å². The SMILES string of the molecule is CCNC(=O)[C@H](C)N(Cc1ccccc1F)C(=O)CN(c1cc(C)ccc1C)S(=O)(=O)c1ccccc1. The van der Waals surface area contributed by atoms with Gasteiger partial charge in [-0.1, -0.05) is 48.5 Å². The van der Waals surface area contributed by atoms with Crippen LogP contribution in [0.4, 0.5) is 10.1 Å². The Morgan fingerprint density at radius 3 is 2.27 bits per heavy atom. The van der Waals surface area contributed by atoms with Gasteiger partial charge in [0.1, 0.15) is 18.4 Å². The molecule has 3 aromatic rings. The van der Waals surface area contributed by atoms with Crippen LogP contribution in [0.3, 0.4) is 0 Å². The molecule has 9 heteroatoms. The van der Waals surface area contributed by atoms with Crippen LogP contribution in [0.15, 0.2) is 77.7 Å². The minimum absolute atomic E-state index is 0.0288. The smallest absolute Gasteiger partial charge is 0.264 e. The van der Waals surface area contributed by atoms with E-state index in [4.69, 9.17) is 0 Å². The van der Waals surface area contributed by atoms with Gasteiger partial charge in [0.15, 0.2) is 0 Å². The van der Waals surface area contributed by atoms with Crippen molar-refractivity contribution in [1.29, 1.82) is 0 Å². The molecular weight excluding hydrogens is 493 g/mol. The maximum absolute atomic E-state index is 14.5. The van der Waals surface area contributed by atoms with E-state index in [1.807, 2.05) is 13.0 Å². The van der Waals surface area contributed by atoms with Gasteiger partial charge in [-0.2, -0.15) is 0 Å². The minimum atomic E-state index is -4.15. The third kappa shape index (κ3) is 6.54. The second-order valence-electron chi connectivity index (χ2n) is 8.80. The summed E-state index contributed by atoms with van der Waals surface area (Å²) >= 11 is 0. The van der Waals surface area contributed by atoms with E-state index in [1.54, 1.807) is 50.2 Å². The Bertz CT molecular complexity index is 1360. The summed E-state index contributed by atoms with van der Waals surface area (Å²) in [7, 11) is -4.15. The number of anilines is 1. The number of hydrogen-bond acceptors (Lipinski definition) is 4. The highest BCUT2D eigenvalue weighted by atomic mass is 32.2. The number of benzene rings is 3. The Balaban J connectivity index is 2.07. The zero-order valence-electron chi connectivity index (χ0n) is 21.4. The first-order chi connectivity index (χ1) is 17.6. The summed E-state index contributed by atoms with van der Waals surface area (Å²) in [4.78, 5) is 27.7. The van der Waals surface area contributed by atoms with Crippen molar-refractivity contribution >= 4 is 27.5 Å². The number of rotatable bonds is 10. The Morgan fingerprint density at radius 1 is 0.973 bits per heavy atom. The molecule has 196 valence electrons. The third-order valence-corrected chi connectivity index (χ3v) is 7.83. The number of carbonyl (C=O) groups excluding carboxylic acids is 2. The Labute approximate surface area is 218 Å². The van der Waals surface area contributed by atoms with Gasteiger partial charge in [0, 0.05) is 18.7 Å². The fourth-order valence-corrected chi connectivity index (χ4v) is 5.43. The van der Waals surface area contributed by atoms with Crippen molar-refractivity contribution in [2.75, 3.05) is 17.4 Å². The second kappa shape index (κ2) is 12.0. The normalized spacial score (nSPS) is 12.0. The molecule has 0 aliphatic rings. The number of halogens is 1. The molecule has 0 fully saturated rings. The quantitative estimate of drug-likeness (QED) is 0.430.